The summed E-state index contributed by atoms with van der Waals surface area (Å²) in [5, 5.41) is 5.59. The summed E-state index contributed by atoms with van der Waals surface area (Å²) in [5.74, 6) is 0. The predicted octanol–water partition coefficient (Wildman–Crippen LogP) is 4.54. The lowest BCUT2D eigenvalue weighted by Gasteiger charge is -2.07. The smallest absolute Gasteiger partial charge is 0.357 e. The molecule has 2 aromatic rings. The Morgan fingerprint density at radius 3 is 2.39 bits per heavy atom. The molecule has 0 aliphatic heterocycles. The normalized spacial score (nSPS) is 11.6. The summed E-state index contributed by atoms with van der Waals surface area (Å²) in [4.78, 5) is 4.13. The lowest BCUT2D eigenvalue weighted by Crippen LogP contribution is -2.05. The van der Waals surface area contributed by atoms with E-state index in [0.29, 0.717) is 6.54 Å². The van der Waals surface area contributed by atoms with Gasteiger partial charge in [-0.3, -0.25) is 0 Å². The van der Waals surface area contributed by atoms with Crippen LogP contribution in [0.25, 0.3) is 0 Å². The van der Waals surface area contributed by atoms with Gasteiger partial charge in [-0.05, 0) is 33.6 Å². The molecule has 0 amide bonds. The minimum absolute atomic E-state index is 0.443. The Balaban J connectivity index is 1.98. The topological polar surface area (TPSA) is 24.9 Å². The molecule has 0 saturated heterocycles. The molecule has 0 aliphatic carbocycles. The molecule has 18 heavy (non-hydrogen) atoms. The maximum Gasteiger partial charge on any atom is 0.416 e. The Morgan fingerprint density at radius 2 is 1.89 bits per heavy atom. The van der Waals surface area contributed by atoms with E-state index in [4.69, 9.17) is 0 Å². The molecule has 0 bridgehead atoms. The van der Waals surface area contributed by atoms with E-state index in [2.05, 4.69) is 26.2 Å². The van der Waals surface area contributed by atoms with Crippen molar-refractivity contribution in [3.63, 3.8) is 0 Å². The number of aromatic nitrogens is 1. The number of hydrogen-bond acceptors (Lipinski definition) is 3. The number of alkyl halides is 3. The van der Waals surface area contributed by atoms with Crippen LogP contribution in [-0.2, 0) is 12.7 Å². The third-order valence-corrected chi connectivity index (χ3v) is 3.71. The van der Waals surface area contributed by atoms with E-state index in [1.807, 2.05) is 5.38 Å². The molecule has 0 saturated carbocycles. The second-order valence-electron chi connectivity index (χ2n) is 3.52. The standard InChI is InChI=1S/C11H8BrF3N2S/c12-9-6-18-10(17-9)16-5-7-1-3-8(4-2-7)11(13,14)15/h1-4,6H,5H2,(H,16,17). The number of nitrogens with one attached hydrogen (secondary N) is 1. The van der Waals surface area contributed by atoms with Crippen molar-refractivity contribution in [1.82, 2.24) is 4.98 Å². The molecule has 1 N–H and O–H groups in total. The van der Waals surface area contributed by atoms with Crippen LogP contribution in [0.15, 0.2) is 34.2 Å². The zero-order valence-electron chi connectivity index (χ0n) is 8.96. The number of benzene rings is 1. The molecule has 1 aromatic heterocycles. The number of rotatable bonds is 3. The van der Waals surface area contributed by atoms with Gasteiger partial charge in [0.15, 0.2) is 5.13 Å². The van der Waals surface area contributed by atoms with Gasteiger partial charge in [-0.1, -0.05) is 12.1 Å². The van der Waals surface area contributed by atoms with Gasteiger partial charge in [0.25, 0.3) is 0 Å². The molecule has 0 radical (unpaired) electrons. The van der Waals surface area contributed by atoms with E-state index in [1.54, 1.807) is 0 Å². The fourth-order valence-corrected chi connectivity index (χ4v) is 2.47. The number of hydrogen-bond donors (Lipinski definition) is 1. The molecular weight excluding hydrogens is 329 g/mol. The van der Waals surface area contributed by atoms with Crippen LogP contribution in [0.3, 0.4) is 0 Å². The molecule has 0 spiro atoms. The first-order chi connectivity index (χ1) is 8.45. The molecule has 2 rings (SSSR count). The summed E-state index contributed by atoms with van der Waals surface area (Å²) in [6.45, 7) is 0.443. The van der Waals surface area contributed by atoms with Crippen molar-refractivity contribution < 1.29 is 13.2 Å². The number of halogens is 4. The van der Waals surface area contributed by atoms with Gasteiger partial charge in [0.2, 0.25) is 0 Å². The van der Waals surface area contributed by atoms with Crippen LogP contribution in [0, 0.1) is 0 Å². The van der Waals surface area contributed by atoms with Gasteiger partial charge in [0.1, 0.15) is 4.60 Å². The Kier molecular flexibility index (Phi) is 3.91. The third kappa shape index (κ3) is 3.46. The Morgan fingerprint density at radius 1 is 1.22 bits per heavy atom. The molecular formula is C11H8BrF3N2S. The highest BCUT2D eigenvalue weighted by Crippen LogP contribution is 2.29. The molecule has 1 heterocycles. The second kappa shape index (κ2) is 5.27. The van der Waals surface area contributed by atoms with Crippen molar-refractivity contribution in [2.24, 2.45) is 0 Å². The van der Waals surface area contributed by atoms with Crippen molar-refractivity contribution in [1.29, 1.82) is 0 Å². The van der Waals surface area contributed by atoms with Crippen LogP contribution in [-0.4, -0.2) is 4.98 Å². The molecule has 96 valence electrons. The first kappa shape index (κ1) is 13.4. The minimum atomic E-state index is -4.29. The maximum absolute atomic E-state index is 12.3. The zero-order chi connectivity index (χ0) is 13.2. The molecule has 1 aromatic carbocycles. The summed E-state index contributed by atoms with van der Waals surface area (Å²) >= 11 is 4.65. The molecule has 0 aliphatic rings. The van der Waals surface area contributed by atoms with Crippen LogP contribution in [0.4, 0.5) is 18.3 Å². The average Bonchev–Trinajstić information content (AvgIpc) is 2.72. The van der Waals surface area contributed by atoms with Crippen LogP contribution in [0.1, 0.15) is 11.1 Å². The Bertz CT molecular complexity index is 522. The van der Waals surface area contributed by atoms with E-state index in [0.717, 1.165) is 27.4 Å². The highest BCUT2D eigenvalue weighted by atomic mass is 79.9. The summed E-state index contributed by atoms with van der Waals surface area (Å²) in [6.07, 6.45) is -4.29. The molecule has 2 nitrogen and oxygen atoms in total. The van der Waals surface area contributed by atoms with Crippen LogP contribution < -0.4 is 5.32 Å². The molecule has 7 heteroatoms. The van der Waals surface area contributed by atoms with Crippen LogP contribution in [0.5, 0.6) is 0 Å². The number of thiazole rings is 1. The Labute approximate surface area is 114 Å². The fourth-order valence-electron chi connectivity index (χ4n) is 1.32. The average molecular weight is 337 g/mol. The largest absolute Gasteiger partial charge is 0.416 e. The van der Waals surface area contributed by atoms with Gasteiger partial charge in [-0.15, -0.1) is 11.3 Å². The Hall–Kier alpha value is -1.08. The zero-order valence-corrected chi connectivity index (χ0v) is 11.4. The van der Waals surface area contributed by atoms with Crippen molar-refractivity contribution in [3.05, 3.63) is 45.4 Å². The lowest BCUT2D eigenvalue weighted by atomic mass is 10.1. The fraction of sp³-hybridized carbons (Fsp3) is 0.182. The van der Waals surface area contributed by atoms with E-state index < -0.39 is 11.7 Å². The summed E-state index contributed by atoms with van der Waals surface area (Å²) in [5.41, 5.74) is 0.137. The quantitative estimate of drug-likeness (QED) is 0.890. The van der Waals surface area contributed by atoms with Crippen molar-refractivity contribution in [3.8, 4) is 0 Å². The molecule has 0 atom stereocenters. The summed E-state index contributed by atoms with van der Waals surface area (Å²) in [6, 6.07) is 5.07. The molecule has 0 fully saturated rings. The number of nitrogens with zero attached hydrogens (tertiary/aromatic N) is 1. The first-order valence-electron chi connectivity index (χ1n) is 4.96. The molecule has 0 unspecified atom stereocenters. The number of anilines is 1. The highest BCUT2D eigenvalue weighted by Gasteiger charge is 2.29. The van der Waals surface area contributed by atoms with Crippen molar-refractivity contribution in [2.75, 3.05) is 5.32 Å². The van der Waals surface area contributed by atoms with E-state index in [1.165, 1.54) is 23.5 Å². The summed E-state index contributed by atoms with van der Waals surface area (Å²) in [7, 11) is 0. The van der Waals surface area contributed by atoms with Crippen molar-refractivity contribution >= 4 is 32.4 Å². The van der Waals surface area contributed by atoms with E-state index in [9.17, 15) is 13.2 Å². The van der Waals surface area contributed by atoms with Crippen molar-refractivity contribution in [2.45, 2.75) is 12.7 Å². The van der Waals surface area contributed by atoms with Crippen LogP contribution in [0.2, 0.25) is 0 Å². The first-order valence-corrected chi connectivity index (χ1v) is 6.63. The second-order valence-corrected chi connectivity index (χ2v) is 5.19. The van der Waals surface area contributed by atoms with Gasteiger partial charge in [-0.2, -0.15) is 13.2 Å². The minimum Gasteiger partial charge on any atom is -0.357 e. The van der Waals surface area contributed by atoms with Gasteiger partial charge < -0.3 is 5.32 Å². The SMILES string of the molecule is FC(F)(F)c1ccc(CNc2nc(Br)cs2)cc1. The van der Waals surface area contributed by atoms with Gasteiger partial charge in [-0.25, -0.2) is 4.98 Å². The van der Waals surface area contributed by atoms with E-state index in [-0.39, 0.29) is 0 Å². The van der Waals surface area contributed by atoms with Gasteiger partial charge in [0, 0.05) is 11.9 Å². The third-order valence-electron chi connectivity index (χ3n) is 2.20. The van der Waals surface area contributed by atoms with Crippen LogP contribution >= 0.6 is 27.3 Å². The van der Waals surface area contributed by atoms with Gasteiger partial charge >= 0.3 is 6.18 Å². The predicted molar refractivity (Wildman–Crippen MR) is 68.6 cm³/mol. The highest BCUT2D eigenvalue weighted by molar-refractivity contribution is 9.10. The lowest BCUT2D eigenvalue weighted by molar-refractivity contribution is -0.137. The monoisotopic (exact) mass is 336 g/mol. The summed E-state index contributed by atoms with van der Waals surface area (Å²) < 4.78 is 37.8. The maximum atomic E-state index is 12.3. The van der Waals surface area contributed by atoms with E-state index >= 15 is 0 Å². The van der Waals surface area contributed by atoms with Gasteiger partial charge in [0.05, 0.1) is 5.56 Å².